The van der Waals surface area contributed by atoms with Crippen molar-refractivity contribution in [1.29, 1.82) is 5.26 Å². The van der Waals surface area contributed by atoms with E-state index in [1.54, 1.807) is 19.9 Å². The summed E-state index contributed by atoms with van der Waals surface area (Å²) < 4.78 is 26.5. The minimum atomic E-state index is -3.79. The second-order valence-electron chi connectivity index (χ2n) is 4.16. The quantitative estimate of drug-likeness (QED) is 0.834. The second kappa shape index (κ2) is 6.11. The van der Waals surface area contributed by atoms with Gasteiger partial charge in [0.2, 0.25) is 10.0 Å². The molecular weight excluding hydrogens is 276 g/mol. The lowest BCUT2D eigenvalue weighted by atomic mass is 10.1. The van der Waals surface area contributed by atoms with E-state index in [4.69, 9.17) is 11.0 Å². The highest BCUT2D eigenvalue weighted by Gasteiger charge is 2.27. The predicted molar refractivity (Wildman–Crippen MR) is 69.7 cm³/mol. The molecule has 0 radical (unpaired) electrons. The van der Waals surface area contributed by atoms with Gasteiger partial charge in [0.15, 0.2) is 5.69 Å². The molecule has 0 saturated carbocycles. The lowest BCUT2D eigenvalue weighted by molar-refractivity contribution is 0.462. The van der Waals surface area contributed by atoms with Crippen LogP contribution in [0, 0.1) is 11.3 Å². The lowest BCUT2D eigenvalue weighted by Gasteiger charge is -2.23. The van der Waals surface area contributed by atoms with Crippen LogP contribution in [0.5, 0.6) is 0 Å². The number of rotatable bonds is 4. The molecule has 1 rings (SSSR count). The molecule has 0 fully saturated rings. The van der Waals surface area contributed by atoms with E-state index < -0.39 is 15.6 Å². The second-order valence-corrected chi connectivity index (χ2v) is 5.81. The molecule has 0 bridgehead atoms. The fourth-order valence-electron chi connectivity index (χ4n) is 1.15. The topological polar surface area (TPSA) is 109 Å². The van der Waals surface area contributed by atoms with Crippen molar-refractivity contribution < 1.29 is 8.42 Å². The summed E-state index contributed by atoms with van der Waals surface area (Å²) in [5, 5.41) is 8.81. The first kappa shape index (κ1) is 16.8. The van der Waals surface area contributed by atoms with Gasteiger partial charge in [0.05, 0.1) is 0 Å². The molecule has 0 atom stereocenters. The predicted octanol–water partition coefficient (Wildman–Crippen LogP) is 0.391. The Morgan fingerprint density at radius 3 is 2.67 bits per heavy atom. The van der Waals surface area contributed by atoms with Gasteiger partial charge in [-0.3, -0.25) is 0 Å². The Kier molecular flexibility index (Phi) is 5.70. The lowest BCUT2D eigenvalue weighted by Crippen LogP contribution is -2.48. The third-order valence-corrected chi connectivity index (χ3v) is 3.82. The van der Waals surface area contributed by atoms with Crippen molar-refractivity contribution in [2.75, 3.05) is 6.54 Å². The Morgan fingerprint density at radius 1 is 1.56 bits per heavy atom. The Morgan fingerprint density at radius 2 is 2.17 bits per heavy atom. The molecule has 0 saturated heterocycles. The van der Waals surface area contributed by atoms with Crippen molar-refractivity contribution in [3.8, 4) is 6.07 Å². The molecule has 0 spiro atoms. The third kappa shape index (κ3) is 3.92. The van der Waals surface area contributed by atoms with Gasteiger partial charge in [0, 0.05) is 18.3 Å². The maximum atomic E-state index is 12.0. The van der Waals surface area contributed by atoms with Gasteiger partial charge in [-0.1, -0.05) is 0 Å². The molecule has 0 aromatic carbocycles. The molecule has 0 unspecified atom stereocenters. The van der Waals surface area contributed by atoms with E-state index in [9.17, 15) is 8.42 Å². The minimum Gasteiger partial charge on any atom is -0.329 e. The number of aromatic nitrogens is 1. The van der Waals surface area contributed by atoms with Gasteiger partial charge in [0.1, 0.15) is 11.0 Å². The molecule has 1 aromatic rings. The van der Waals surface area contributed by atoms with Gasteiger partial charge in [-0.15, -0.1) is 12.4 Å². The van der Waals surface area contributed by atoms with Gasteiger partial charge in [-0.25, -0.2) is 18.1 Å². The zero-order chi connectivity index (χ0) is 13.1. The summed E-state index contributed by atoms with van der Waals surface area (Å²) in [7, 11) is -3.79. The van der Waals surface area contributed by atoms with Crippen LogP contribution in [0.3, 0.4) is 0 Å². The molecule has 6 nitrogen and oxygen atoms in total. The number of pyridine rings is 1. The van der Waals surface area contributed by atoms with Gasteiger partial charge >= 0.3 is 0 Å². The molecule has 100 valence electrons. The van der Waals surface area contributed by atoms with E-state index in [1.807, 2.05) is 0 Å². The first-order chi connectivity index (χ1) is 7.82. The molecule has 0 amide bonds. The standard InChI is InChI=1S/C10H14N4O2S.ClH/c1-10(2,7-12)14-17(15,16)9-4-3-5-13-8(9)6-11;/h3-5,14H,7,12H2,1-2H3;1H. The van der Waals surface area contributed by atoms with Crippen molar-refractivity contribution in [1.82, 2.24) is 9.71 Å². The number of hydrogen-bond acceptors (Lipinski definition) is 5. The van der Waals surface area contributed by atoms with Crippen LogP contribution in [-0.4, -0.2) is 25.5 Å². The molecule has 8 heteroatoms. The summed E-state index contributed by atoms with van der Waals surface area (Å²) in [5.74, 6) is 0. The summed E-state index contributed by atoms with van der Waals surface area (Å²) in [4.78, 5) is 3.57. The normalized spacial score (nSPS) is 11.4. The number of nitriles is 1. The largest absolute Gasteiger partial charge is 0.329 e. The molecular formula is C10H15ClN4O2S. The summed E-state index contributed by atoms with van der Waals surface area (Å²) in [5.41, 5.74) is 4.55. The Balaban J connectivity index is 0.00000289. The number of nitrogens with two attached hydrogens (primary N) is 1. The molecule has 3 N–H and O–H groups in total. The molecule has 0 aliphatic carbocycles. The average molecular weight is 291 g/mol. The van der Waals surface area contributed by atoms with Crippen LogP contribution in [0.1, 0.15) is 19.5 Å². The van der Waals surface area contributed by atoms with Gasteiger partial charge in [-0.2, -0.15) is 5.26 Å². The summed E-state index contributed by atoms with van der Waals surface area (Å²) in [6.07, 6.45) is 1.37. The minimum absolute atomic E-state index is 0. The van der Waals surface area contributed by atoms with E-state index in [0.717, 1.165) is 0 Å². The van der Waals surface area contributed by atoms with E-state index >= 15 is 0 Å². The number of halogens is 1. The van der Waals surface area contributed by atoms with E-state index in [1.165, 1.54) is 18.3 Å². The fraction of sp³-hybridized carbons (Fsp3) is 0.400. The molecule has 1 heterocycles. The average Bonchev–Trinajstić information content (AvgIpc) is 2.28. The van der Waals surface area contributed by atoms with Crippen LogP contribution in [0.15, 0.2) is 23.2 Å². The summed E-state index contributed by atoms with van der Waals surface area (Å²) >= 11 is 0. The highest BCUT2D eigenvalue weighted by molar-refractivity contribution is 7.89. The zero-order valence-corrected chi connectivity index (χ0v) is 11.7. The van der Waals surface area contributed by atoms with Crippen LogP contribution in [0.2, 0.25) is 0 Å². The summed E-state index contributed by atoms with van der Waals surface area (Å²) in [6.45, 7) is 3.47. The van der Waals surface area contributed by atoms with Crippen LogP contribution in [0.4, 0.5) is 0 Å². The smallest absolute Gasteiger partial charge is 0.243 e. The van der Waals surface area contributed by atoms with Crippen LogP contribution < -0.4 is 10.5 Å². The van der Waals surface area contributed by atoms with Crippen molar-refractivity contribution >= 4 is 22.4 Å². The maximum Gasteiger partial charge on any atom is 0.243 e. The summed E-state index contributed by atoms with van der Waals surface area (Å²) in [6, 6.07) is 4.54. The highest BCUT2D eigenvalue weighted by Crippen LogP contribution is 2.14. The van der Waals surface area contributed by atoms with Gasteiger partial charge < -0.3 is 5.73 Å². The first-order valence-electron chi connectivity index (χ1n) is 4.91. The van der Waals surface area contributed by atoms with Crippen LogP contribution >= 0.6 is 12.4 Å². The maximum absolute atomic E-state index is 12.0. The van der Waals surface area contributed by atoms with Crippen molar-refractivity contribution in [3.05, 3.63) is 24.0 Å². The molecule has 0 aliphatic heterocycles. The SMILES string of the molecule is CC(C)(CN)NS(=O)(=O)c1cccnc1C#N.Cl. The van der Waals surface area contributed by atoms with Crippen molar-refractivity contribution in [3.63, 3.8) is 0 Å². The molecule has 18 heavy (non-hydrogen) atoms. The Hall–Kier alpha value is -1.20. The third-order valence-electron chi connectivity index (χ3n) is 2.09. The van der Waals surface area contributed by atoms with Gasteiger partial charge in [-0.05, 0) is 26.0 Å². The highest BCUT2D eigenvalue weighted by atomic mass is 35.5. The molecule has 0 aliphatic rings. The Labute approximate surface area is 113 Å². The van der Waals surface area contributed by atoms with Crippen molar-refractivity contribution in [2.24, 2.45) is 5.73 Å². The van der Waals surface area contributed by atoms with Crippen LogP contribution in [-0.2, 0) is 10.0 Å². The Bertz CT molecular complexity index is 551. The van der Waals surface area contributed by atoms with E-state index in [-0.39, 0.29) is 29.5 Å². The fourth-order valence-corrected chi connectivity index (χ4v) is 2.68. The van der Waals surface area contributed by atoms with Gasteiger partial charge in [0.25, 0.3) is 0 Å². The number of nitrogens with zero attached hydrogens (tertiary/aromatic N) is 2. The first-order valence-corrected chi connectivity index (χ1v) is 6.40. The zero-order valence-electron chi connectivity index (χ0n) is 10.0. The monoisotopic (exact) mass is 290 g/mol. The van der Waals surface area contributed by atoms with Crippen LogP contribution in [0.25, 0.3) is 0 Å². The number of sulfonamides is 1. The number of hydrogen-bond donors (Lipinski definition) is 2. The van der Waals surface area contributed by atoms with Crippen molar-refractivity contribution in [2.45, 2.75) is 24.3 Å². The molecule has 1 aromatic heterocycles. The number of nitrogens with one attached hydrogen (secondary N) is 1. The van der Waals surface area contributed by atoms with E-state index in [0.29, 0.717) is 0 Å². The van der Waals surface area contributed by atoms with E-state index in [2.05, 4.69) is 9.71 Å².